The van der Waals surface area contributed by atoms with Crippen molar-refractivity contribution in [1.82, 2.24) is 20.6 Å². The quantitative estimate of drug-likeness (QED) is 0.720. The van der Waals surface area contributed by atoms with E-state index in [1.54, 1.807) is 0 Å². The fourth-order valence-corrected chi connectivity index (χ4v) is 1.29. The third-order valence-corrected chi connectivity index (χ3v) is 2.06. The normalized spacial score (nSPS) is 13.0. The van der Waals surface area contributed by atoms with Gasteiger partial charge in [-0.15, -0.1) is 10.2 Å². The van der Waals surface area contributed by atoms with Crippen molar-refractivity contribution in [3.05, 3.63) is 11.4 Å². The Labute approximate surface area is 89.9 Å². The molecule has 0 aliphatic heterocycles. The van der Waals surface area contributed by atoms with Crippen molar-refractivity contribution in [1.29, 1.82) is 0 Å². The molecule has 0 saturated carbocycles. The highest BCUT2D eigenvalue weighted by Crippen LogP contribution is 2.32. The van der Waals surface area contributed by atoms with Gasteiger partial charge in [-0.05, 0) is 24.3 Å². The number of hydrogen-bond donors (Lipinski definition) is 1. The zero-order valence-corrected chi connectivity index (χ0v) is 10.1. The molecule has 0 N–H and O–H groups in total. The van der Waals surface area contributed by atoms with Crippen LogP contribution < -0.4 is 0 Å². The van der Waals surface area contributed by atoms with Gasteiger partial charge >= 0.3 is 0 Å². The highest BCUT2D eigenvalue weighted by molar-refractivity contribution is 7.81. The lowest BCUT2D eigenvalue weighted by Gasteiger charge is -2.24. The second kappa shape index (κ2) is 3.46. The van der Waals surface area contributed by atoms with Gasteiger partial charge in [-0.25, -0.2) is 0 Å². The van der Waals surface area contributed by atoms with Gasteiger partial charge in [0.2, 0.25) is 0 Å². The molecule has 0 aromatic carbocycles. The predicted molar refractivity (Wildman–Crippen MR) is 58.3 cm³/mol. The van der Waals surface area contributed by atoms with Gasteiger partial charge in [0.25, 0.3) is 0 Å². The Kier molecular flexibility index (Phi) is 2.81. The van der Waals surface area contributed by atoms with E-state index >= 15 is 0 Å². The van der Waals surface area contributed by atoms with E-state index in [0.29, 0.717) is 0 Å². The molecular weight excluding hydrogens is 196 g/mol. The van der Waals surface area contributed by atoms with Gasteiger partial charge in [0, 0.05) is 5.41 Å². The number of rotatable bonds is 1. The highest BCUT2D eigenvalue weighted by Gasteiger charge is 2.29. The maximum Gasteiger partial charge on any atom is 0.104 e. The Morgan fingerprint density at radius 2 is 1.29 bits per heavy atom. The van der Waals surface area contributed by atoms with E-state index in [4.69, 9.17) is 0 Å². The average Bonchev–Trinajstić information content (AvgIpc) is 2.01. The number of aromatic nitrogens is 4. The van der Waals surface area contributed by atoms with Crippen LogP contribution >= 0.6 is 12.6 Å². The monoisotopic (exact) mass is 212 g/mol. The number of nitrogens with zero attached hydrogens (tertiary/aromatic N) is 4. The molecule has 1 aromatic heterocycles. The second-order valence-corrected chi connectivity index (χ2v) is 6.00. The summed E-state index contributed by atoms with van der Waals surface area (Å²) in [5, 5.41) is 15.2. The Morgan fingerprint density at radius 1 is 0.857 bits per heavy atom. The van der Waals surface area contributed by atoms with Crippen LogP contribution in [0.2, 0.25) is 0 Å². The van der Waals surface area contributed by atoms with Gasteiger partial charge in [-0.3, -0.25) is 0 Å². The van der Waals surface area contributed by atoms with Crippen LogP contribution in [0.15, 0.2) is 0 Å². The number of thiol groups is 1. The maximum absolute atomic E-state index is 4.48. The second-order valence-electron chi connectivity index (χ2n) is 4.89. The summed E-state index contributed by atoms with van der Waals surface area (Å²) in [5.74, 6) is 0. The first-order valence-electron chi connectivity index (χ1n) is 4.52. The zero-order chi connectivity index (χ0) is 11.0. The molecule has 0 unspecified atom stereocenters. The van der Waals surface area contributed by atoms with Crippen LogP contribution in [-0.2, 0) is 10.2 Å². The molecule has 0 spiro atoms. The molecule has 14 heavy (non-hydrogen) atoms. The first kappa shape index (κ1) is 11.4. The molecule has 4 nitrogen and oxygen atoms in total. The lowest BCUT2D eigenvalue weighted by Crippen LogP contribution is -2.25. The summed E-state index contributed by atoms with van der Waals surface area (Å²) in [6.07, 6.45) is 0. The molecule has 1 aromatic rings. The van der Waals surface area contributed by atoms with Crippen molar-refractivity contribution >= 4 is 12.6 Å². The van der Waals surface area contributed by atoms with Gasteiger partial charge in [-0.2, -0.15) is 12.6 Å². The molecular formula is C9H16N4S. The van der Waals surface area contributed by atoms with Gasteiger partial charge in [-0.1, -0.05) is 20.8 Å². The first-order valence-corrected chi connectivity index (χ1v) is 4.97. The van der Waals surface area contributed by atoms with E-state index in [-0.39, 0.29) is 10.2 Å². The fraction of sp³-hybridized carbons (Fsp3) is 0.778. The Balaban J connectivity index is 3.31. The van der Waals surface area contributed by atoms with Crippen molar-refractivity contribution in [2.75, 3.05) is 0 Å². The van der Waals surface area contributed by atoms with Crippen molar-refractivity contribution in [2.45, 2.75) is 44.8 Å². The molecule has 0 bridgehead atoms. The minimum Gasteiger partial charge on any atom is -0.166 e. The van der Waals surface area contributed by atoms with Gasteiger partial charge in [0.05, 0.1) is 10.4 Å². The first-order chi connectivity index (χ1) is 6.23. The highest BCUT2D eigenvalue weighted by atomic mass is 32.1. The minimum absolute atomic E-state index is 0.0850. The fourth-order valence-electron chi connectivity index (χ4n) is 1.14. The lowest BCUT2D eigenvalue weighted by atomic mass is 9.88. The predicted octanol–water partition coefficient (Wildman–Crippen LogP) is 1.73. The van der Waals surface area contributed by atoms with Crippen molar-refractivity contribution < 1.29 is 0 Å². The summed E-state index contributed by atoms with van der Waals surface area (Å²) in [5.41, 5.74) is 1.56. The third kappa shape index (κ3) is 2.41. The average molecular weight is 212 g/mol. The van der Waals surface area contributed by atoms with Crippen LogP contribution in [0.4, 0.5) is 0 Å². The molecule has 1 rings (SSSR count). The molecule has 0 amide bonds. The van der Waals surface area contributed by atoms with E-state index in [2.05, 4.69) is 54.0 Å². The van der Waals surface area contributed by atoms with Gasteiger partial charge in [0.15, 0.2) is 0 Å². The molecule has 0 radical (unpaired) electrons. The Hall–Kier alpha value is -0.710. The Bertz CT molecular complexity index is 291. The van der Waals surface area contributed by atoms with E-state index in [1.807, 2.05) is 13.8 Å². The van der Waals surface area contributed by atoms with Crippen LogP contribution in [0.1, 0.15) is 46.0 Å². The lowest BCUT2D eigenvalue weighted by molar-refractivity contribution is 0.507. The molecule has 1 heterocycles. The minimum atomic E-state index is -0.342. The van der Waals surface area contributed by atoms with E-state index < -0.39 is 0 Å². The summed E-state index contributed by atoms with van der Waals surface area (Å²) >= 11 is 4.48. The molecule has 5 heteroatoms. The van der Waals surface area contributed by atoms with E-state index in [1.165, 1.54) is 0 Å². The van der Waals surface area contributed by atoms with Crippen molar-refractivity contribution in [2.24, 2.45) is 0 Å². The van der Waals surface area contributed by atoms with Crippen LogP contribution in [0, 0.1) is 0 Å². The molecule has 0 aliphatic rings. The van der Waals surface area contributed by atoms with Crippen molar-refractivity contribution in [3.8, 4) is 0 Å². The zero-order valence-electron chi connectivity index (χ0n) is 9.24. The van der Waals surface area contributed by atoms with E-state index in [9.17, 15) is 0 Å². The van der Waals surface area contributed by atoms with Crippen LogP contribution in [0.5, 0.6) is 0 Å². The molecule has 0 aliphatic carbocycles. The number of hydrogen-bond acceptors (Lipinski definition) is 5. The topological polar surface area (TPSA) is 51.6 Å². The summed E-state index contributed by atoms with van der Waals surface area (Å²) in [6.45, 7) is 10.2. The summed E-state index contributed by atoms with van der Waals surface area (Å²) in [4.78, 5) is 0. The van der Waals surface area contributed by atoms with Crippen LogP contribution in [-0.4, -0.2) is 20.6 Å². The largest absolute Gasteiger partial charge is 0.166 e. The standard InChI is InChI=1S/C9H16N4S/c1-8(2,3)6-7(9(4,5)14)11-13-12-10-6/h14H,1-5H3. The molecule has 0 saturated heterocycles. The van der Waals surface area contributed by atoms with Gasteiger partial charge < -0.3 is 0 Å². The third-order valence-electron chi connectivity index (χ3n) is 1.84. The molecule has 78 valence electrons. The van der Waals surface area contributed by atoms with E-state index in [0.717, 1.165) is 11.4 Å². The summed E-state index contributed by atoms with van der Waals surface area (Å²) < 4.78 is -0.342. The van der Waals surface area contributed by atoms with Crippen molar-refractivity contribution in [3.63, 3.8) is 0 Å². The smallest absolute Gasteiger partial charge is 0.104 e. The van der Waals surface area contributed by atoms with Gasteiger partial charge in [0.1, 0.15) is 5.69 Å². The SMILES string of the molecule is CC(C)(C)c1nnnnc1C(C)(C)S. The molecule has 0 atom stereocenters. The molecule has 0 fully saturated rings. The van der Waals surface area contributed by atoms with Crippen LogP contribution in [0.25, 0.3) is 0 Å². The summed E-state index contributed by atoms with van der Waals surface area (Å²) in [7, 11) is 0. The summed E-state index contributed by atoms with van der Waals surface area (Å²) in [6, 6.07) is 0. The Morgan fingerprint density at radius 3 is 1.57 bits per heavy atom. The van der Waals surface area contributed by atoms with Crippen LogP contribution in [0.3, 0.4) is 0 Å². The maximum atomic E-state index is 4.48.